The topological polar surface area (TPSA) is 75.3 Å². The van der Waals surface area contributed by atoms with Crippen LogP contribution in [0.25, 0.3) is 6.08 Å². The summed E-state index contributed by atoms with van der Waals surface area (Å²) >= 11 is 0. The first-order valence-corrected chi connectivity index (χ1v) is 6.44. The fourth-order valence-electron chi connectivity index (χ4n) is 1.99. The molecule has 0 aliphatic carbocycles. The Hall–Kier alpha value is -2.43. The van der Waals surface area contributed by atoms with Crippen molar-refractivity contribution < 1.29 is 14.4 Å². The van der Waals surface area contributed by atoms with Gasteiger partial charge in [0, 0.05) is 12.5 Å². The van der Waals surface area contributed by atoms with Gasteiger partial charge in [-0.25, -0.2) is 0 Å². The summed E-state index contributed by atoms with van der Waals surface area (Å²) in [5.41, 5.74) is 2.02. The molecule has 1 saturated heterocycles. The smallest absolute Gasteiger partial charge is 0.249 e. The molecule has 1 atom stereocenters. The van der Waals surface area contributed by atoms with Gasteiger partial charge in [-0.1, -0.05) is 24.3 Å². The molecule has 1 aromatic carbocycles. The summed E-state index contributed by atoms with van der Waals surface area (Å²) in [4.78, 5) is 34.3. The van der Waals surface area contributed by atoms with Crippen LogP contribution in [0.3, 0.4) is 0 Å². The minimum Gasteiger partial charge on any atom is -0.341 e. The average molecular weight is 272 g/mol. The lowest BCUT2D eigenvalue weighted by atomic mass is 10.1. The van der Waals surface area contributed by atoms with E-state index in [2.05, 4.69) is 10.6 Å². The van der Waals surface area contributed by atoms with Gasteiger partial charge in [0.15, 0.2) is 0 Å². The summed E-state index contributed by atoms with van der Waals surface area (Å²) in [5, 5.41) is 4.79. The summed E-state index contributed by atoms with van der Waals surface area (Å²) in [6.07, 6.45) is 3.69. The highest BCUT2D eigenvalue weighted by atomic mass is 16.2. The Balaban J connectivity index is 1.94. The van der Waals surface area contributed by atoms with Crippen molar-refractivity contribution in [1.29, 1.82) is 0 Å². The van der Waals surface area contributed by atoms with Gasteiger partial charge in [0.1, 0.15) is 6.04 Å². The van der Waals surface area contributed by atoms with Gasteiger partial charge >= 0.3 is 0 Å². The molecule has 1 fully saturated rings. The van der Waals surface area contributed by atoms with Crippen molar-refractivity contribution in [3.63, 3.8) is 0 Å². The van der Waals surface area contributed by atoms with Crippen molar-refractivity contribution in [3.05, 3.63) is 41.5 Å². The molecule has 5 heteroatoms. The zero-order valence-electron chi connectivity index (χ0n) is 11.2. The van der Waals surface area contributed by atoms with Crippen molar-refractivity contribution >= 4 is 23.8 Å². The molecule has 0 aromatic heterocycles. The minimum absolute atomic E-state index is 0.248. The van der Waals surface area contributed by atoms with Crippen LogP contribution in [0.15, 0.2) is 30.3 Å². The lowest BCUT2D eigenvalue weighted by molar-refractivity contribution is -0.136. The fraction of sp³-hybridized carbons (Fsp3) is 0.267. The van der Waals surface area contributed by atoms with E-state index in [0.717, 1.165) is 11.1 Å². The van der Waals surface area contributed by atoms with Crippen LogP contribution in [-0.2, 0) is 14.4 Å². The molecule has 20 heavy (non-hydrogen) atoms. The van der Waals surface area contributed by atoms with Gasteiger partial charge in [-0.05, 0) is 30.5 Å². The Kier molecular flexibility index (Phi) is 4.30. The molecular formula is C15H16N2O3. The number of nitrogens with one attached hydrogen (secondary N) is 2. The molecule has 1 unspecified atom stereocenters. The highest BCUT2D eigenvalue weighted by molar-refractivity contribution is 6.03. The monoisotopic (exact) mass is 272 g/mol. The lowest BCUT2D eigenvalue weighted by Crippen LogP contribution is -2.51. The molecule has 104 valence electrons. The second-order valence-electron chi connectivity index (χ2n) is 4.70. The molecule has 3 amide bonds. The van der Waals surface area contributed by atoms with Gasteiger partial charge in [-0.3, -0.25) is 19.7 Å². The molecule has 2 rings (SSSR count). The first-order valence-electron chi connectivity index (χ1n) is 6.44. The summed E-state index contributed by atoms with van der Waals surface area (Å²) < 4.78 is 0. The van der Waals surface area contributed by atoms with Crippen molar-refractivity contribution in [2.75, 3.05) is 0 Å². The number of benzene rings is 1. The maximum Gasteiger partial charge on any atom is 0.249 e. The number of carbonyl (C=O) groups is 3. The van der Waals surface area contributed by atoms with Crippen LogP contribution < -0.4 is 10.6 Å². The van der Waals surface area contributed by atoms with Gasteiger partial charge in [0.05, 0.1) is 0 Å². The summed E-state index contributed by atoms with van der Waals surface area (Å²) in [5.74, 6) is -1.09. The second kappa shape index (κ2) is 6.14. The largest absolute Gasteiger partial charge is 0.341 e. The van der Waals surface area contributed by atoms with Crippen molar-refractivity contribution in [3.8, 4) is 0 Å². The normalized spacial score (nSPS) is 18.9. The maximum absolute atomic E-state index is 11.8. The van der Waals surface area contributed by atoms with Crippen LogP contribution in [0.2, 0.25) is 0 Å². The second-order valence-corrected chi connectivity index (χ2v) is 4.70. The zero-order chi connectivity index (χ0) is 14.5. The maximum atomic E-state index is 11.8. The standard InChI is InChI=1S/C15H16N2O3/c1-10-4-2-3-5-11(10)6-8-13(18)16-12-7-9-14(19)17-15(12)20/h2-6,8,12H,7,9H2,1H3,(H,16,18)(H,17,19,20)/b8-6+. The predicted molar refractivity (Wildman–Crippen MR) is 74.5 cm³/mol. The van der Waals surface area contributed by atoms with E-state index >= 15 is 0 Å². The molecule has 1 aliphatic heterocycles. The van der Waals surface area contributed by atoms with Crippen LogP contribution >= 0.6 is 0 Å². The van der Waals surface area contributed by atoms with Gasteiger partial charge in [-0.15, -0.1) is 0 Å². The van der Waals surface area contributed by atoms with E-state index in [9.17, 15) is 14.4 Å². The molecule has 0 radical (unpaired) electrons. The molecule has 0 spiro atoms. The number of rotatable bonds is 3. The third-order valence-electron chi connectivity index (χ3n) is 3.16. The zero-order valence-corrected chi connectivity index (χ0v) is 11.2. The Labute approximate surface area is 117 Å². The highest BCUT2D eigenvalue weighted by Gasteiger charge is 2.27. The number of carbonyl (C=O) groups excluding carboxylic acids is 3. The third kappa shape index (κ3) is 3.54. The Morgan fingerprint density at radius 3 is 2.80 bits per heavy atom. The number of hydrogen-bond acceptors (Lipinski definition) is 3. The number of aryl methyl sites for hydroxylation is 1. The first kappa shape index (κ1) is 14.0. The van der Waals surface area contributed by atoms with E-state index in [1.807, 2.05) is 31.2 Å². The summed E-state index contributed by atoms with van der Waals surface area (Å²) in [6, 6.07) is 7.05. The molecule has 0 saturated carbocycles. The Bertz CT molecular complexity index is 578. The quantitative estimate of drug-likeness (QED) is 0.635. The average Bonchev–Trinajstić information content (AvgIpc) is 2.41. The number of hydrogen-bond donors (Lipinski definition) is 2. The van der Waals surface area contributed by atoms with Gasteiger partial charge in [0.25, 0.3) is 0 Å². The van der Waals surface area contributed by atoms with Crippen LogP contribution in [0.5, 0.6) is 0 Å². The van der Waals surface area contributed by atoms with E-state index in [0.29, 0.717) is 6.42 Å². The lowest BCUT2D eigenvalue weighted by Gasteiger charge is -2.20. The predicted octanol–water partition coefficient (Wildman–Crippen LogP) is 0.930. The van der Waals surface area contributed by atoms with E-state index in [1.54, 1.807) is 6.08 Å². The molecule has 1 aliphatic rings. The van der Waals surface area contributed by atoms with Crippen molar-refractivity contribution in [1.82, 2.24) is 10.6 Å². The Morgan fingerprint density at radius 1 is 1.35 bits per heavy atom. The molecule has 2 N–H and O–H groups in total. The molecule has 1 heterocycles. The van der Waals surface area contributed by atoms with Crippen LogP contribution in [0, 0.1) is 6.92 Å². The van der Waals surface area contributed by atoms with Gasteiger partial charge < -0.3 is 5.32 Å². The minimum atomic E-state index is -0.637. The molecular weight excluding hydrogens is 256 g/mol. The van der Waals surface area contributed by atoms with E-state index in [1.165, 1.54) is 6.08 Å². The van der Waals surface area contributed by atoms with E-state index in [-0.39, 0.29) is 18.2 Å². The molecule has 1 aromatic rings. The fourth-order valence-corrected chi connectivity index (χ4v) is 1.99. The number of piperidine rings is 1. The summed E-state index contributed by atoms with van der Waals surface area (Å²) in [7, 11) is 0. The summed E-state index contributed by atoms with van der Waals surface area (Å²) in [6.45, 7) is 1.96. The van der Waals surface area contributed by atoms with Crippen LogP contribution in [0.1, 0.15) is 24.0 Å². The highest BCUT2D eigenvalue weighted by Crippen LogP contribution is 2.09. The van der Waals surface area contributed by atoms with Crippen molar-refractivity contribution in [2.24, 2.45) is 0 Å². The molecule has 0 bridgehead atoms. The van der Waals surface area contributed by atoms with E-state index < -0.39 is 11.9 Å². The number of amides is 3. The Morgan fingerprint density at radius 2 is 2.10 bits per heavy atom. The van der Waals surface area contributed by atoms with Crippen LogP contribution in [-0.4, -0.2) is 23.8 Å². The van der Waals surface area contributed by atoms with Gasteiger partial charge in [-0.2, -0.15) is 0 Å². The number of imide groups is 1. The molecule has 5 nitrogen and oxygen atoms in total. The third-order valence-corrected chi connectivity index (χ3v) is 3.16. The van der Waals surface area contributed by atoms with Crippen LogP contribution in [0.4, 0.5) is 0 Å². The van der Waals surface area contributed by atoms with Crippen molar-refractivity contribution in [2.45, 2.75) is 25.8 Å². The SMILES string of the molecule is Cc1ccccc1/C=C/C(=O)NC1CCC(=O)NC1=O. The first-order chi connectivity index (χ1) is 9.56. The van der Waals surface area contributed by atoms with E-state index in [4.69, 9.17) is 0 Å². The van der Waals surface area contributed by atoms with Gasteiger partial charge in [0.2, 0.25) is 17.7 Å².